The lowest BCUT2D eigenvalue weighted by atomic mass is 10.0. The topological polar surface area (TPSA) is 101 Å². The molecule has 2 aromatic heterocycles. The molecule has 1 amide bonds. The van der Waals surface area contributed by atoms with Crippen molar-refractivity contribution in [3.05, 3.63) is 58.8 Å². The van der Waals surface area contributed by atoms with Crippen molar-refractivity contribution in [3.63, 3.8) is 0 Å². The highest BCUT2D eigenvalue weighted by molar-refractivity contribution is 5.87. The molecule has 2 heterocycles. The van der Waals surface area contributed by atoms with Crippen molar-refractivity contribution < 1.29 is 13.6 Å². The van der Waals surface area contributed by atoms with Gasteiger partial charge in [-0.05, 0) is 41.5 Å². The van der Waals surface area contributed by atoms with E-state index in [2.05, 4.69) is 5.32 Å². The van der Waals surface area contributed by atoms with Crippen molar-refractivity contribution in [2.24, 2.45) is 7.05 Å². The second kappa shape index (κ2) is 6.50. The van der Waals surface area contributed by atoms with Gasteiger partial charge in [-0.2, -0.15) is 5.26 Å². The highest BCUT2D eigenvalue weighted by Gasteiger charge is 2.13. The SMILES string of the molecule is Cn1c(=O)oc2ccc(-c3ccc4oc(CC(C#N)NC=O)cc4c3)cc21. The molecule has 1 N–H and O–H groups in total. The highest BCUT2D eigenvalue weighted by atomic mass is 16.4. The Hall–Kier alpha value is -3.79. The summed E-state index contributed by atoms with van der Waals surface area (Å²) in [6, 6.07) is 14.6. The summed E-state index contributed by atoms with van der Waals surface area (Å²) in [7, 11) is 1.67. The summed E-state index contributed by atoms with van der Waals surface area (Å²) in [4.78, 5) is 22.2. The van der Waals surface area contributed by atoms with E-state index in [1.54, 1.807) is 13.1 Å². The smallest absolute Gasteiger partial charge is 0.419 e. The summed E-state index contributed by atoms with van der Waals surface area (Å²) in [5.74, 6) is 0.226. The van der Waals surface area contributed by atoms with E-state index in [4.69, 9.17) is 14.1 Å². The predicted molar refractivity (Wildman–Crippen MR) is 99.0 cm³/mol. The fourth-order valence-corrected chi connectivity index (χ4v) is 3.11. The molecule has 0 aliphatic rings. The van der Waals surface area contributed by atoms with Gasteiger partial charge in [0.05, 0.1) is 11.6 Å². The van der Waals surface area contributed by atoms with Crippen LogP contribution < -0.4 is 11.1 Å². The third-order valence-electron chi connectivity index (χ3n) is 4.52. The maximum Gasteiger partial charge on any atom is 0.419 e. The minimum absolute atomic E-state index is 0.294. The average Bonchev–Trinajstić information content (AvgIpc) is 3.20. The van der Waals surface area contributed by atoms with Gasteiger partial charge < -0.3 is 14.2 Å². The van der Waals surface area contributed by atoms with E-state index >= 15 is 0 Å². The van der Waals surface area contributed by atoms with Crippen LogP contribution in [-0.4, -0.2) is 17.0 Å². The zero-order chi connectivity index (χ0) is 19.0. The van der Waals surface area contributed by atoms with E-state index in [9.17, 15) is 9.59 Å². The second-order valence-corrected chi connectivity index (χ2v) is 6.25. The molecule has 7 heteroatoms. The molecule has 0 bridgehead atoms. The van der Waals surface area contributed by atoms with Gasteiger partial charge in [0.1, 0.15) is 17.4 Å². The molecule has 4 aromatic rings. The van der Waals surface area contributed by atoms with Crippen LogP contribution in [0, 0.1) is 11.3 Å². The van der Waals surface area contributed by atoms with Gasteiger partial charge in [-0.25, -0.2) is 4.79 Å². The van der Waals surface area contributed by atoms with E-state index in [0.717, 1.165) is 22.0 Å². The van der Waals surface area contributed by atoms with E-state index in [1.807, 2.05) is 42.5 Å². The maximum atomic E-state index is 11.7. The molecule has 4 rings (SSSR count). The number of nitrogens with zero attached hydrogens (tertiary/aromatic N) is 2. The Labute approximate surface area is 153 Å². The number of oxazole rings is 1. The number of fused-ring (bicyclic) bond motifs is 2. The first-order valence-corrected chi connectivity index (χ1v) is 8.31. The van der Waals surface area contributed by atoms with Crippen LogP contribution in [-0.2, 0) is 18.3 Å². The van der Waals surface area contributed by atoms with Gasteiger partial charge in [0.2, 0.25) is 6.41 Å². The van der Waals surface area contributed by atoms with Gasteiger partial charge >= 0.3 is 5.76 Å². The number of rotatable bonds is 5. The molecule has 0 spiro atoms. The number of furan rings is 1. The second-order valence-electron chi connectivity index (χ2n) is 6.25. The van der Waals surface area contributed by atoms with E-state index in [-0.39, 0.29) is 0 Å². The van der Waals surface area contributed by atoms with Crippen LogP contribution >= 0.6 is 0 Å². The molecule has 1 unspecified atom stereocenters. The lowest BCUT2D eigenvalue weighted by Gasteiger charge is -2.03. The Morgan fingerprint density at radius 1 is 1.15 bits per heavy atom. The minimum Gasteiger partial charge on any atom is -0.461 e. The number of carbonyl (C=O) groups is 1. The molecule has 0 saturated heterocycles. The predicted octanol–water partition coefficient (Wildman–Crippen LogP) is 2.73. The number of amides is 1. The van der Waals surface area contributed by atoms with Crippen LogP contribution in [0.5, 0.6) is 0 Å². The zero-order valence-corrected chi connectivity index (χ0v) is 14.4. The number of hydrogen-bond donors (Lipinski definition) is 1. The van der Waals surface area contributed by atoms with Gasteiger partial charge in [-0.1, -0.05) is 12.1 Å². The van der Waals surface area contributed by atoms with Crippen molar-refractivity contribution in [3.8, 4) is 17.2 Å². The quantitative estimate of drug-likeness (QED) is 0.551. The molecule has 0 aliphatic heterocycles. The summed E-state index contributed by atoms with van der Waals surface area (Å²) in [6.45, 7) is 0. The van der Waals surface area contributed by atoms with Crippen molar-refractivity contribution in [2.45, 2.75) is 12.5 Å². The number of nitrogens with one attached hydrogen (secondary N) is 1. The molecule has 0 fully saturated rings. The number of carbonyl (C=O) groups excluding carboxylic acids is 1. The Bertz CT molecular complexity index is 1260. The Morgan fingerprint density at radius 3 is 2.63 bits per heavy atom. The number of nitriles is 1. The molecule has 0 radical (unpaired) electrons. The summed E-state index contributed by atoms with van der Waals surface area (Å²) >= 11 is 0. The van der Waals surface area contributed by atoms with Crippen LogP contribution in [0.1, 0.15) is 5.76 Å². The molecule has 7 nitrogen and oxygen atoms in total. The fourth-order valence-electron chi connectivity index (χ4n) is 3.11. The van der Waals surface area contributed by atoms with Crippen molar-refractivity contribution in [1.29, 1.82) is 5.26 Å². The Balaban J connectivity index is 1.71. The molecule has 134 valence electrons. The van der Waals surface area contributed by atoms with Crippen molar-refractivity contribution in [1.82, 2.24) is 9.88 Å². The number of aromatic nitrogens is 1. The van der Waals surface area contributed by atoms with Crippen LogP contribution in [0.4, 0.5) is 0 Å². The van der Waals surface area contributed by atoms with Gasteiger partial charge in [-0.3, -0.25) is 9.36 Å². The number of aryl methyl sites for hydroxylation is 1. The van der Waals surface area contributed by atoms with Gasteiger partial charge in [-0.15, -0.1) is 0 Å². The molecular weight excluding hydrogens is 346 g/mol. The standard InChI is InChI=1S/C20H15N3O4/c1-23-17-8-13(3-5-19(17)27-20(23)25)12-2-4-18-14(6-12)7-16(26-18)9-15(10-21)22-11-24/h2-8,11,15H,9H2,1H3,(H,22,24). The Kier molecular flexibility index (Phi) is 4.01. The summed E-state index contributed by atoms with van der Waals surface area (Å²) in [5, 5.41) is 12.4. The van der Waals surface area contributed by atoms with Crippen LogP contribution in [0.25, 0.3) is 33.2 Å². The third-order valence-corrected chi connectivity index (χ3v) is 4.52. The molecule has 0 saturated carbocycles. The normalized spacial score (nSPS) is 12.1. The largest absolute Gasteiger partial charge is 0.461 e. The highest BCUT2D eigenvalue weighted by Crippen LogP contribution is 2.29. The van der Waals surface area contributed by atoms with Crippen molar-refractivity contribution in [2.75, 3.05) is 0 Å². The first kappa shape index (κ1) is 16.7. The molecule has 2 aromatic carbocycles. The summed E-state index contributed by atoms with van der Waals surface area (Å²) < 4.78 is 12.4. The first-order chi connectivity index (χ1) is 13.1. The van der Waals surface area contributed by atoms with E-state index in [1.165, 1.54) is 4.57 Å². The zero-order valence-electron chi connectivity index (χ0n) is 14.4. The van der Waals surface area contributed by atoms with Gasteiger partial charge in [0, 0.05) is 18.9 Å². The van der Waals surface area contributed by atoms with Crippen LogP contribution in [0.15, 0.2) is 56.1 Å². The van der Waals surface area contributed by atoms with Gasteiger partial charge in [0.15, 0.2) is 5.58 Å². The minimum atomic E-state index is -0.632. The lowest BCUT2D eigenvalue weighted by molar-refractivity contribution is -0.109. The Morgan fingerprint density at radius 2 is 1.89 bits per heavy atom. The third kappa shape index (κ3) is 2.98. The first-order valence-electron chi connectivity index (χ1n) is 8.31. The summed E-state index contributed by atoms with van der Waals surface area (Å²) in [6.07, 6.45) is 0.802. The van der Waals surface area contributed by atoms with Crippen molar-refractivity contribution >= 4 is 28.5 Å². The number of benzene rings is 2. The number of hydrogen-bond acceptors (Lipinski definition) is 5. The van der Waals surface area contributed by atoms with Crippen LogP contribution in [0.3, 0.4) is 0 Å². The van der Waals surface area contributed by atoms with Gasteiger partial charge in [0.25, 0.3) is 0 Å². The monoisotopic (exact) mass is 361 g/mol. The maximum absolute atomic E-state index is 11.7. The van der Waals surface area contributed by atoms with Crippen LogP contribution in [0.2, 0.25) is 0 Å². The fraction of sp³-hybridized carbons (Fsp3) is 0.150. The molecular formula is C20H15N3O4. The summed E-state index contributed by atoms with van der Waals surface area (Å²) in [5.41, 5.74) is 3.88. The molecule has 1 atom stereocenters. The molecule has 27 heavy (non-hydrogen) atoms. The molecule has 0 aliphatic carbocycles. The lowest BCUT2D eigenvalue weighted by Crippen LogP contribution is -2.27. The van der Waals surface area contributed by atoms with E-state index in [0.29, 0.717) is 29.8 Å². The van der Waals surface area contributed by atoms with E-state index < -0.39 is 11.8 Å². The average molecular weight is 361 g/mol.